The van der Waals surface area contributed by atoms with Crippen molar-refractivity contribution in [1.82, 2.24) is 9.97 Å². The zero-order valence-corrected chi connectivity index (χ0v) is 12.1. The molecule has 1 aliphatic rings. The highest BCUT2D eigenvalue weighted by Crippen LogP contribution is 2.52. The topological polar surface area (TPSA) is 78.1 Å². The maximum Gasteiger partial charge on any atom is 0.433 e. The zero-order chi connectivity index (χ0) is 15.7. The fraction of sp³-hybridized carbons (Fsp3) is 0.583. The van der Waals surface area contributed by atoms with E-state index in [1.165, 1.54) is 7.11 Å². The van der Waals surface area contributed by atoms with Crippen LogP contribution >= 0.6 is 11.8 Å². The van der Waals surface area contributed by atoms with Gasteiger partial charge in [0.2, 0.25) is 5.95 Å². The number of carbonyl (C=O) groups is 1. The van der Waals surface area contributed by atoms with Crippen molar-refractivity contribution in [3.05, 3.63) is 11.8 Å². The molecule has 1 heterocycles. The first-order valence-electron chi connectivity index (χ1n) is 6.15. The van der Waals surface area contributed by atoms with E-state index in [-0.39, 0.29) is 22.8 Å². The molecule has 2 N–H and O–H groups in total. The Morgan fingerprint density at radius 2 is 2.14 bits per heavy atom. The van der Waals surface area contributed by atoms with Gasteiger partial charge in [-0.15, -0.1) is 11.8 Å². The third-order valence-corrected chi connectivity index (χ3v) is 4.50. The number of aromatic nitrogens is 2. The molecule has 1 aromatic heterocycles. The van der Waals surface area contributed by atoms with Gasteiger partial charge in [0.05, 0.1) is 13.5 Å². The van der Waals surface area contributed by atoms with Gasteiger partial charge in [-0.3, -0.25) is 4.79 Å². The third-order valence-electron chi connectivity index (χ3n) is 3.24. The smallest absolute Gasteiger partial charge is 0.433 e. The minimum atomic E-state index is -4.56. The summed E-state index contributed by atoms with van der Waals surface area (Å²) in [5.41, 5.74) is 4.05. The largest absolute Gasteiger partial charge is 0.469 e. The summed E-state index contributed by atoms with van der Waals surface area (Å²) in [7, 11) is 1.31. The number of nitrogens with zero attached hydrogens (tertiary/aromatic N) is 2. The number of alkyl halides is 3. The highest BCUT2D eigenvalue weighted by molar-refractivity contribution is 7.99. The van der Waals surface area contributed by atoms with Gasteiger partial charge in [0.25, 0.3) is 0 Å². The molecule has 1 aromatic rings. The average molecular weight is 321 g/mol. The van der Waals surface area contributed by atoms with E-state index < -0.39 is 17.8 Å². The molecule has 0 unspecified atom stereocenters. The predicted octanol–water partition coefficient (Wildman–Crippen LogP) is 2.51. The lowest BCUT2D eigenvalue weighted by atomic mass is 10.1. The Morgan fingerprint density at radius 3 is 2.67 bits per heavy atom. The molecule has 0 aliphatic heterocycles. The van der Waals surface area contributed by atoms with E-state index in [9.17, 15) is 18.0 Å². The minimum Gasteiger partial charge on any atom is -0.469 e. The van der Waals surface area contributed by atoms with Gasteiger partial charge in [-0.25, -0.2) is 9.97 Å². The van der Waals surface area contributed by atoms with E-state index >= 15 is 0 Å². The first-order valence-corrected chi connectivity index (χ1v) is 7.14. The van der Waals surface area contributed by atoms with Crippen molar-refractivity contribution >= 4 is 23.7 Å². The second kappa shape index (κ2) is 5.70. The van der Waals surface area contributed by atoms with E-state index in [4.69, 9.17) is 5.73 Å². The fourth-order valence-corrected chi connectivity index (χ4v) is 3.01. The van der Waals surface area contributed by atoms with Crippen LogP contribution in [0.4, 0.5) is 19.1 Å². The van der Waals surface area contributed by atoms with Crippen LogP contribution in [-0.2, 0) is 15.7 Å². The highest BCUT2D eigenvalue weighted by atomic mass is 32.2. The van der Waals surface area contributed by atoms with Crippen molar-refractivity contribution < 1.29 is 22.7 Å². The van der Waals surface area contributed by atoms with Gasteiger partial charge in [0.15, 0.2) is 5.69 Å². The van der Waals surface area contributed by atoms with E-state index in [1.807, 2.05) is 0 Å². The summed E-state index contributed by atoms with van der Waals surface area (Å²) in [6.07, 6.45) is -2.59. The van der Waals surface area contributed by atoms with Gasteiger partial charge < -0.3 is 10.5 Å². The number of rotatable bonds is 5. The van der Waals surface area contributed by atoms with Gasteiger partial charge in [0.1, 0.15) is 5.03 Å². The van der Waals surface area contributed by atoms with Gasteiger partial charge in [-0.05, 0) is 18.3 Å². The number of hydrogen-bond donors (Lipinski definition) is 1. The van der Waals surface area contributed by atoms with Crippen LogP contribution in [0.1, 0.15) is 25.0 Å². The summed E-state index contributed by atoms with van der Waals surface area (Å²) in [6, 6.07) is 0.870. The van der Waals surface area contributed by atoms with Crippen molar-refractivity contribution in [3.8, 4) is 0 Å². The first kappa shape index (κ1) is 15.9. The summed E-state index contributed by atoms with van der Waals surface area (Å²) in [5.74, 6) is -0.230. The highest BCUT2D eigenvalue weighted by Gasteiger charge is 2.44. The molecule has 21 heavy (non-hydrogen) atoms. The molecule has 0 spiro atoms. The molecule has 0 atom stereocenters. The first-order chi connectivity index (χ1) is 9.74. The van der Waals surface area contributed by atoms with E-state index in [0.717, 1.165) is 30.7 Å². The molecule has 0 aromatic carbocycles. The Hall–Kier alpha value is -1.51. The number of nitrogen functional groups attached to an aromatic ring is 1. The molecule has 0 bridgehead atoms. The molecule has 1 aliphatic carbocycles. The standard InChI is InChI=1S/C12H14F3N3O2S/c1-20-9(19)5-11(2-3-11)6-21-8-4-7(12(13,14)15)17-10(16)18-8/h4H,2-3,5-6H2,1H3,(H2,16,17,18). The Balaban J connectivity index is 2.04. The summed E-state index contributed by atoms with van der Waals surface area (Å²) in [4.78, 5) is 18.3. The lowest BCUT2D eigenvalue weighted by molar-refractivity contribution is -0.142. The number of nitrogens with two attached hydrogens (primary N) is 1. The van der Waals surface area contributed by atoms with Gasteiger partial charge in [-0.2, -0.15) is 13.2 Å². The molecular formula is C12H14F3N3O2S. The van der Waals surface area contributed by atoms with Crippen molar-refractivity contribution in [1.29, 1.82) is 0 Å². The second-order valence-electron chi connectivity index (χ2n) is 4.99. The number of methoxy groups -OCH3 is 1. The summed E-state index contributed by atoms with van der Waals surface area (Å²) in [5, 5.41) is 0.158. The number of thioether (sulfide) groups is 1. The normalized spacial score (nSPS) is 16.6. The van der Waals surface area contributed by atoms with Gasteiger partial charge in [0, 0.05) is 11.8 Å². The van der Waals surface area contributed by atoms with Crippen molar-refractivity contribution in [3.63, 3.8) is 0 Å². The van der Waals surface area contributed by atoms with E-state index in [1.54, 1.807) is 0 Å². The van der Waals surface area contributed by atoms with Crippen LogP contribution in [0, 0.1) is 5.41 Å². The van der Waals surface area contributed by atoms with E-state index in [0.29, 0.717) is 5.75 Å². The summed E-state index contributed by atoms with van der Waals surface area (Å²) < 4.78 is 42.5. The molecule has 0 radical (unpaired) electrons. The number of ether oxygens (including phenoxy) is 1. The lowest BCUT2D eigenvalue weighted by Gasteiger charge is -2.13. The third kappa shape index (κ3) is 4.23. The Morgan fingerprint density at radius 1 is 1.48 bits per heavy atom. The van der Waals surface area contributed by atoms with Crippen molar-refractivity contribution in [2.24, 2.45) is 5.41 Å². The maximum absolute atomic E-state index is 12.6. The van der Waals surface area contributed by atoms with Crippen LogP contribution in [0.25, 0.3) is 0 Å². The van der Waals surface area contributed by atoms with Crippen LogP contribution in [0.2, 0.25) is 0 Å². The van der Waals surface area contributed by atoms with Gasteiger partial charge in [-0.1, -0.05) is 0 Å². The number of anilines is 1. The van der Waals surface area contributed by atoms with Gasteiger partial charge >= 0.3 is 12.1 Å². The molecule has 5 nitrogen and oxygen atoms in total. The van der Waals surface area contributed by atoms with Crippen LogP contribution < -0.4 is 5.73 Å². The lowest BCUT2D eigenvalue weighted by Crippen LogP contribution is -2.14. The summed E-state index contributed by atoms with van der Waals surface area (Å²) in [6.45, 7) is 0. The van der Waals surface area contributed by atoms with Crippen LogP contribution in [0.15, 0.2) is 11.1 Å². The van der Waals surface area contributed by atoms with E-state index in [2.05, 4.69) is 14.7 Å². The number of halogens is 3. The zero-order valence-electron chi connectivity index (χ0n) is 11.2. The molecule has 1 saturated carbocycles. The number of esters is 1. The molecule has 2 rings (SSSR count). The van der Waals surface area contributed by atoms with Crippen molar-refractivity contribution in [2.75, 3.05) is 18.6 Å². The molecule has 1 fully saturated rings. The van der Waals surface area contributed by atoms with Crippen molar-refractivity contribution in [2.45, 2.75) is 30.5 Å². The average Bonchev–Trinajstić information content (AvgIpc) is 3.15. The van der Waals surface area contributed by atoms with Crippen LogP contribution in [0.3, 0.4) is 0 Å². The minimum absolute atomic E-state index is 0.158. The molecule has 0 saturated heterocycles. The monoisotopic (exact) mass is 321 g/mol. The molecule has 116 valence electrons. The quantitative estimate of drug-likeness (QED) is 0.510. The Bertz CT molecular complexity index is 547. The summed E-state index contributed by atoms with van der Waals surface area (Å²) >= 11 is 1.15. The second-order valence-corrected chi connectivity index (χ2v) is 5.98. The number of hydrogen-bond acceptors (Lipinski definition) is 6. The SMILES string of the molecule is COC(=O)CC1(CSc2cc(C(F)(F)F)nc(N)n2)CC1. The Kier molecular flexibility index (Phi) is 4.31. The Labute approximate surface area is 123 Å². The fourth-order valence-electron chi connectivity index (χ4n) is 1.82. The molecule has 0 amide bonds. The predicted molar refractivity (Wildman–Crippen MR) is 70.5 cm³/mol. The van der Waals surface area contributed by atoms with Crippen LogP contribution in [0.5, 0.6) is 0 Å². The molecular weight excluding hydrogens is 307 g/mol. The van der Waals surface area contributed by atoms with Crippen LogP contribution in [-0.4, -0.2) is 28.8 Å². The number of carbonyl (C=O) groups excluding carboxylic acids is 1. The molecule has 9 heteroatoms. The maximum atomic E-state index is 12.6.